The number of hydrogen-bond acceptors (Lipinski definition) is 7. The van der Waals surface area contributed by atoms with Crippen LogP contribution in [-0.2, 0) is 10.9 Å². The number of halogens is 3. The molecule has 0 bridgehead atoms. The summed E-state index contributed by atoms with van der Waals surface area (Å²) < 4.78 is 45.2. The molecule has 1 atom stereocenters. The summed E-state index contributed by atoms with van der Waals surface area (Å²) in [5, 5.41) is 2.60. The number of nitrogens with zero attached hydrogens (tertiary/aromatic N) is 4. The highest BCUT2D eigenvalue weighted by Gasteiger charge is 2.39. The van der Waals surface area contributed by atoms with Crippen LogP contribution in [-0.4, -0.2) is 67.1 Å². The highest BCUT2D eigenvalue weighted by Crippen LogP contribution is 2.42. The summed E-state index contributed by atoms with van der Waals surface area (Å²) in [6.07, 6.45) is -3.66. The first-order chi connectivity index (χ1) is 13.9. The third kappa shape index (κ3) is 4.10. The fraction of sp³-hybridized carbons (Fsp3) is 0.474. The number of amidine groups is 1. The molecule has 2 aliphatic heterocycles. The molecule has 29 heavy (non-hydrogen) atoms. The second-order valence-electron chi connectivity index (χ2n) is 7.13. The molecule has 1 N–H and O–H groups in total. The maximum absolute atomic E-state index is 13.3. The van der Waals surface area contributed by atoms with Crippen molar-refractivity contribution in [3.8, 4) is 0 Å². The first kappa shape index (κ1) is 20.1. The number of aromatic nitrogens is 1. The van der Waals surface area contributed by atoms with Gasteiger partial charge < -0.3 is 15.0 Å². The Kier molecular flexibility index (Phi) is 5.50. The SMILES string of the molecule is COCCC1CN(C2=Nc3ccccc3Nc3sc(C(F)(F)F)nc32)CCN1C. The third-order valence-corrected chi connectivity index (χ3v) is 6.21. The van der Waals surface area contributed by atoms with E-state index in [-0.39, 0.29) is 11.7 Å². The number of nitrogens with one attached hydrogen (secondary N) is 1. The molecule has 1 unspecified atom stereocenters. The Morgan fingerprint density at radius 1 is 1.28 bits per heavy atom. The number of aliphatic imine (C=N–C) groups is 1. The average molecular weight is 425 g/mol. The molecule has 10 heteroatoms. The summed E-state index contributed by atoms with van der Waals surface area (Å²) in [5.74, 6) is 0.486. The van der Waals surface area contributed by atoms with Crippen molar-refractivity contribution in [2.45, 2.75) is 18.6 Å². The van der Waals surface area contributed by atoms with Crippen molar-refractivity contribution in [2.75, 3.05) is 45.7 Å². The van der Waals surface area contributed by atoms with Crippen LogP contribution in [0.4, 0.5) is 29.5 Å². The fourth-order valence-corrected chi connectivity index (χ4v) is 4.41. The van der Waals surface area contributed by atoms with Crippen molar-refractivity contribution < 1.29 is 17.9 Å². The van der Waals surface area contributed by atoms with Crippen molar-refractivity contribution in [1.29, 1.82) is 0 Å². The van der Waals surface area contributed by atoms with Crippen LogP contribution in [0.5, 0.6) is 0 Å². The van der Waals surface area contributed by atoms with E-state index in [2.05, 4.69) is 22.2 Å². The number of para-hydroxylation sites is 2. The Morgan fingerprint density at radius 3 is 2.83 bits per heavy atom. The number of hydrogen-bond donors (Lipinski definition) is 1. The lowest BCUT2D eigenvalue weighted by atomic mass is 10.1. The van der Waals surface area contributed by atoms with Gasteiger partial charge in [-0.1, -0.05) is 23.5 Å². The first-order valence-electron chi connectivity index (χ1n) is 9.34. The molecule has 0 spiro atoms. The summed E-state index contributed by atoms with van der Waals surface area (Å²) in [7, 11) is 3.72. The third-order valence-electron chi connectivity index (χ3n) is 5.19. The molecule has 2 aromatic rings. The number of benzene rings is 1. The normalized spacial score (nSPS) is 19.8. The van der Waals surface area contributed by atoms with E-state index in [1.807, 2.05) is 29.2 Å². The molecule has 156 valence electrons. The highest BCUT2D eigenvalue weighted by atomic mass is 32.1. The molecule has 6 nitrogen and oxygen atoms in total. The molecule has 4 rings (SSSR count). The molecule has 3 heterocycles. The lowest BCUT2D eigenvalue weighted by Gasteiger charge is -2.40. The van der Waals surface area contributed by atoms with E-state index in [1.165, 1.54) is 0 Å². The van der Waals surface area contributed by atoms with Gasteiger partial charge in [0.25, 0.3) is 0 Å². The van der Waals surface area contributed by atoms with Crippen molar-refractivity contribution in [2.24, 2.45) is 4.99 Å². The van der Waals surface area contributed by atoms with Gasteiger partial charge in [-0.05, 0) is 25.6 Å². The molecular weight excluding hydrogens is 403 g/mol. The Hall–Kier alpha value is -2.17. The maximum atomic E-state index is 13.3. The largest absolute Gasteiger partial charge is 0.443 e. The van der Waals surface area contributed by atoms with E-state index in [1.54, 1.807) is 7.11 Å². The number of methoxy groups -OCH3 is 1. The number of thiazole rings is 1. The second kappa shape index (κ2) is 7.92. The summed E-state index contributed by atoms with van der Waals surface area (Å²) in [4.78, 5) is 13.0. The van der Waals surface area contributed by atoms with Gasteiger partial charge in [0.15, 0.2) is 5.84 Å². The molecule has 0 saturated carbocycles. The minimum atomic E-state index is -4.49. The first-order valence-corrected chi connectivity index (χ1v) is 10.2. The summed E-state index contributed by atoms with van der Waals surface area (Å²) in [6, 6.07) is 7.57. The standard InChI is InChI=1S/C19H22F3N5OS/c1-26-8-9-27(11-12(26)7-10-28-2)16-15-17(29-18(25-15)19(20,21)22)24-14-6-4-3-5-13(14)23-16/h3-6,12,24H,7-11H2,1-2H3. The van der Waals surface area contributed by atoms with E-state index in [4.69, 9.17) is 9.73 Å². The summed E-state index contributed by atoms with van der Waals surface area (Å²) in [6.45, 7) is 2.73. The van der Waals surface area contributed by atoms with Gasteiger partial charge >= 0.3 is 6.18 Å². The van der Waals surface area contributed by atoms with Crippen LogP contribution in [0.2, 0.25) is 0 Å². The molecule has 0 amide bonds. The van der Waals surface area contributed by atoms with E-state index < -0.39 is 11.2 Å². The lowest BCUT2D eigenvalue weighted by Crippen LogP contribution is -2.53. The highest BCUT2D eigenvalue weighted by molar-refractivity contribution is 7.16. The van der Waals surface area contributed by atoms with Gasteiger partial charge in [0.05, 0.1) is 11.4 Å². The van der Waals surface area contributed by atoms with Crippen LogP contribution in [0.1, 0.15) is 17.1 Å². The number of ether oxygens (including phenoxy) is 1. The Bertz CT molecular complexity index is 913. The van der Waals surface area contributed by atoms with Crippen LogP contribution < -0.4 is 5.32 Å². The molecule has 1 aromatic carbocycles. The molecular formula is C19H22F3N5OS. The fourth-order valence-electron chi connectivity index (χ4n) is 3.57. The van der Waals surface area contributed by atoms with E-state index in [9.17, 15) is 13.2 Å². The van der Waals surface area contributed by atoms with Crippen molar-refractivity contribution in [1.82, 2.24) is 14.8 Å². The zero-order valence-corrected chi connectivity index (χ0v) is 17.0. The van der Waals surface area contributed by atoms with Gasteiger partial charge in [0.2, 0.25) is 5.01 Å². The predicted octanol–water partition coefficient (Wildman–Crippen LogP) is 3.95. The van der Waals surface area contributed by atoms with Crippen molar-refractivity contribution in [3.05, 3.63) is 35.0 Å². The molecule has 1 aromatic heterocycles. The summed E-state index contributed by atoms with van der Waals surface area (Å²) in [5.41, 5.74) is 1.62. The number of fused-ring (bicyclic) bond motifs is 2. The van der Waals surface area contributed by atoms with Crippen LogP contribution in [0.25, 0.3) is 0 Å². The number of anilines is 2. The molecule has 2 aliphatic rings. The average Bonchev–Trinajstić information content (AvgIpc) is 3.04. The van der Waals surface area contributed by atoms with Crippen LogP contribution >= 0.6 is 11.3 Å². The van der Waals surface area contributed by atoms with E-state index in [0.717, 1.165) is 13.0 Å². The van der Waals surface area contributed by atoms with E-state index in [0.29, 0.717) is 53.2 Å². The Balaban J connectivity index is 1.74. The van der Waals surface area contributed by atoms with Crippen molar-refractivity contribution >= 4 is 33.5 Å². The van der Waals surface area contributed by atoms with Crippen molar-refractivity contribution in [3.63, 3.8) is 0 Å². The van der Waals surface area contributed by atoms with Crippen LogP contribution in [0.3, 0.4) is 0 Å². The van der Waals surface area contributed by atoms with Gasteiger partial charge in [0, 0.05) is 39.4 Å². The van der Waals surface area contributed by atoms with Gasteiger partial charge in [-0.2, -0.15) is 13.2 Å². The van der Waals surface area contributed by atoms with Gasteiger partial charge in [-0.3, -0.25) is 4.90 Å². The minimum Gasteiger partial charge on any atom is -0.385 e. The quantitative estimate of drug-likeness (QED) is 0.807. The number of piperazine rings is 1. The molecule has 0 radical (unpaired) electrons. The van der Waals surface area contributed by atoms with Gasteiger partial charge in [0.1, 0.15) is 10.7 Å². The van der Waals surface area contributed by atoms with Crippen LogP contribution in [0, 0.1) is 0 Å². The number of likely N-dealkylation sites (N-methyl/N-ethyl adjacent to an activating group) is 1. The number of alkyl halides is 3. The summed E-state index contributed by atoms with van der Waals surface area (Å²) >= 11 is 0.617. The monoisotopic (exact) mass is 425 g/mol. The number of rotatable bonds is 3. The Labute approximate surface area is 171 Å². The second-order valence-corrected chi connectivity index (χ2v) is 8.13. The molecule has 1 fully saturated rings. The lowest BCUT2D eigenvalue weighted by molar-refractivity contribution is -0.137. The molecule has 1 saturated heterocycles. The Morgan fingerprint density at radius 2 is 2.07 bits per heavy atom. The zero-order chi connectivity index (χ0) is 20.6. The van der Waals surface area contributed by atoms with Crippen LogP contribution in [0.15, 0.2) is 29.3 Å². The smallest absolute Gasteiger partial charge is 0.385 e. The predicted molar refractivity (Wildman–Crippen MR) is 108 cm³/mol. The maximum Gasteiger partial charge on any atom is 0.443 e. The topological polar surface area (TPSA) is 53.0 Å². The van der Waals surface area contributed by atoms with E-state index >= 15 is 0 Å². The van der Waals surface area contributed by atoms with Gasteiger partial charge in [-0.15, -0.1) is 0 Å². The minimum absolute atomic E-state index is 0.224. The zero-order valence-electron chi connectivity index (χ0n) is 16.2. The van der Waals surface area contributed by atoms with Gasteiger partial charge in [-0.25, -0.2) is 9.98 Å². The molecule has 0 aliphatic carbocycles.